The van der Waals surface area contributed by atoms with Crippen molar-refractivity contribution in [3.63, 3.8) is 0 Å². The molecule has 4 atom stereocenters. The van der Waals surface area contributed by atoms with Crippen molar-refractivity contribution >= 4 is 16.9 Å². The number of nitrogens with zero attached hydrogens (tertiary/aromatic N) is 2. The van der Waals surface area contributed by atoms with E-state index in [1.54, 1.807) is 0 Å². The number of hydrogen-bond acceptors (Lipinski definition) is 3. The first kappa shape index (κ1) is 34.0. The number of allylic oxidation sites excluding steroid dienone is 17. The van der Waals surface area contributed by atoms with Crippen molar-refractivity contribution in [1.82, 2.24) is 5.32 Å². The molecule has 244 valence electrons. The van der Waals surface area contributed by atoms with Gasteiger partial charge in [-0.25, -0.2) is 0 Å². The van der Waals surface area contributed by atoms with Gasteiger partial charge < -0.3 is 15.1 Å². The van der Waals surface area contributed by atoms with E-state index in [1.165, 1.54) is 39.5 Å². The number of likely N-dealkylation sites (N-methyl/N-ethyl adjacent to an activating group) is 1. The number of fused-ring (bicyclic) bond motifs is 1. The summed E-state index contributed by atoms with van der Waals surface area (Å²) in [6, 6.07) is 7.55. The topological polar surface area (TPSA) is 18.5 Å². The molecule has 1 aromatic carbocycles. The van der Waals surface area contributed by atoms with Crippen molar-refractivity contribution in [3.8, 4) is 0 Å². The minimum absolute atomic E-state index is 0.103. The summed E-state index contributed by atoms with van der Waals surface area (Å²) < 4.78 is 0. The molecule has 4 aliphatic rings. The van der Waals surface area contributed by atoms with Crippen LogP contribution < -0.4 is 15.1 Å². The van der Waals surface area contributed by atoms with Gasteiger partial charge in [0.1, 0.15) is 0 Å². The molecule has 0 saturated carbocycles. The van der Waals surface area contributed by atoms with Gasteiger partial charge in [-0.15, -0.1) is 0 Å². The van der Waals surface area contributed by atoms with Crippen LogP contribution in [0.25, 0.3) is 5.57 Å². The minimum atomic E-state index is 0.103. The maximum absolute atomic E-state index is 3.28. The standard InChI is InChI=1S/C44H53N3/c1-8-9-10-22-40-29-36-19-13-14-24-43(36)47(40)42-31-37(35-20-15-21-38(26-25-35)44(4,5)6)30-41(32-42)46-34(3)18-12-11-17-33(2)28-39(46)23-16-27-45-7/h8-14,16-26,28-34,36,43,45H,15,27H2,1-7H3/b9-8-,17-11-,18-12-,22-10-,23-16-,39-28-. The number of anilines is 2. The van der Waals surface area contributed by atoms with Crippen LogP contribution in [-0.4, -0.2) is 25.7 Å². The number of hydrogen-bond donors (Lipinski definition) is 1. The molecular formula is C44H53N3. The molecule has 47 heavy (non-hydrogen) atoms. The number of benzene rings is 1. The first-order chi connectivity index (χ1) is 22.7. The van der Waals surface area contributed by atoms with Crippen LogP contribution in [0.15, 0.2) is 157 Å². The van der Waals surface area contributed by atoms with Crippen LogP contribution in [0.1, 0.15) is 53.5 Å². The Morgan fingerprint density at radius 3 is 2.30 bits per heavy atom. The zero-order valence-electron chi connectivity index (χ0n) is 29.4. The zero-order chi connectivity index (χ0) is 33.4. The molecule has 0 spiro atoms. The molecule has 0 fully saturated rings. The molecule has 4 unspecified atom stereocenters. The summed E-state index contributed by atoms with van der Waals surface area (Å²) in [6.07, 6.45) is 46.2. The molecule has 1 aromatic rings. The van der Waals surface area contributed by atoms with Crippen LogP contribution in [0.4, 0.5) is 11.4 Å². The highest BCUT2D eigenvalue weighted by molar-refractivity contribution is 5.82. The maximum Gasteiger partial charge on any atom is 0.0623 e. The van der Waals surface area contributed by atoms with Gasteiger partial charge in [0.2, 0.25) is 0 Å². The fourth-order valence-electron chi connectivity index (χ4n) is 6.64. The summed E-state index contributed by atoms with van der Waals surface area (Å²) in [6.45, 7) is 14.3. The molecule has 0 saturated heterocycles. The molecule has 0 amide bonds. The van der Waals surface area contributed by atoms with Gasteiger partial charge >= 0.3 is 0 Å². The Morgan fingerprint density at radius 2 is 1.53 bits per heavy atom. The Morgan fingerprint density at radius 1 is 0.809 bits per heavy atom. The van der Waals surface area contributed by atoms with E-state index in [0.29, 0.717) is 11.8 Å². The molecular weight excluding hydrogens is 571 g/mol. The van der Waals surface area contributed by atoms with E-state index in [1.807, 2.05) is 7.05 Å². The minimum Gasteiger partial charge on any atom is -0.335 e. The van der Waals surface area contributed by atoms with E-state index in [9.17, 15) is 0 Å². The monoisotopic (exact) mass is 623 g/mol. The second-order valence-corrected chi connectivity index (χ2v) is 13.9. The molecule has 0 aromatic heterocycles. The highest BCUT2D eigenvalue weighted by Crippen LogP contribution is 2.41. The van der Waals surface area contributed by atoms with Crippen LogP contribution in [0.2, 0.25) is 0 Å². The molecule has 2 heterocycles. The third-order valence-corrected chi connectivity index (χ3v) is 9.08. The largest absolute Gasteiger partial charge is 0.335 e. The molecule has 1 N–H and O–H groups in total. The fraction of sp³-hybridized carbons (Fsp3) is 0.318. The van der Waals surface area contributed by atoms with Crippen LogP contribution in [-0.2, 0) is 0 Å². The Hall–Kier alpha value is -4.34. The summed E-state index contributed by atoms with van der Waals surface area (Å²) in [7, 11) is 1.99. The zero-order valence-corrected chi connectivity index (χ0v) is 29.4. The van der Waals surface area contributed by atoms with Crippen LogP contribution >= 0.6 is 0 Å². The highest BCUT2D eigenvalue weighted by atomic mass is 15.2. The summed E-state index contributed by atoms with van der Waals surface area (Å²) in [5, 5.41) is 3.28. The summed E-state index contributed by atoms with van der Waals surface area (Å²) in [5.74, 6) is 0.621. The molecule has 3 nitrogen and oxygen atoms in total. The van der Waals surface area contributed by atoms with Gasteiger partial charge in [-0.1, -0.05) is 137 Å². The quantitative estimate of drug-likeness (QED) is 0.291. The lowest BCUT2D eigenvalue weighted by Gasteiger charge is -2.35. The number of nitrogens with one attached hydrogen (secondary N) is 1. The molecule has 3 heteroatoms. The van der Waals surface area contributed by atoms with E-state index >= 15 is 0 Å². The number of rotatable bonds is 8. The maximum atomic E-state index is 3.28. The van der Waals surface area contributed by atoms with Crippen molar-refractivity contribution < 1.29 is 0 Å². The van der Waals surface area contributed by atoms with Gasteiger partial charge in [0.05, 0.1) is 6.04 Å². The van der Waals surface area contributed by atoms with Crippen molar-refractivity contribution in [1.29, 1.82) is 0 Å². The Labute approximate surface area is 284 Å². The van der Waals surface area contributed by atoms with Crippen LogP contribution in [0, 0.1) is 17.3 Å². The first-order valence-corrected chi connectivity index (χ1v) is 17.3. The third-order valence-electron chi connectivity index (χ3n) is 9.08. The first-order valence-electron chi connectivity index (χ1n) is 17.3. The van der Waals surface area contributed by atoms with Crippen molar-refractivity contribution in [2.24, 2.45) is 17.3 Å². The SMILES string of the molecule is C/C=C\C=C/C1=CC2C=CC=CC2N1c1cc(C2=CCC=C(C(C)(C)C)C=C2)cc(N2C(/C=C\CNC)=C\C(C)/C=C\C=C/C2C)c1. The summed E-state index contributed by atoms with van der Waals surface area (Å²) in [5.41, 5.74) is 8.77. The molecule has 0 radical (unpaired) electrons. The van der Waals surface area contributed by atoms with Gasteiger partial charge in [0.25, 0.3) is 0 Å². The van der Waals surface area contributed by atoms with E-state index in [4.69, 9.17) is 0 Å². The second-order valence-electron chi connectivity index (χ2n) is 13.9. The Bertz CT molecular complexity index is 1650. The predicted molar refractivity (Wildman–Crippen MR) is 206 cm³/mol. The summed E-state index contributed by atoms with van der Waals surface area (Å²) in [4.78, 5) is 5.03. The average Bonchev–Trinajstić information content (AvgIpc) is 3.24. The highest BCUT2D eigenvalue weighted by Gasteiger charge is 2.33. The van der Waals surface area contributed by atoms with E-state index in [-0.39, 0.29) is 17.5 Å². The lowest BCUT2D eigenvalue weighted by Crippen LogP contribution is -2.34. The lowest BCUT2D eigenvalue weighted by molar-refractivity contribution is 0.515. The Balaban J connectivity index is 1.71. The predicted octanol–water partition coefficient (Wildman–Crippen LogP) is 10.6. The molecule has 2 aliphatic carbocycles. The van der Waals surface area contributed by atoms with Crippen molar-refractivity contribution in [2.45, 2.75) is 60.0 Å². The van der Waals surface area contributed by atoms with Crippen LogP contribution in [0.5, 0.6) is 0 Å². The Kier molecular flexibility index (Phi) is 11.2. The van der Waals surface area contributed by atoms with Gasteiger partial charge in [-0.3, -0.25) is 0 Å². The average molecular weight is 624 g/mol. The third kappa shape index (κ3) is 8.34. The summed E-state index contributed by atoms with van der Waals surface area (Å²) >= 11 is 0. The fourth-order valence-corrected chi connectivity index (χ4v) is 6.64. The van der Waals surface area contributed by atoms with E-state index in [2.05, 4.69) is 196 Å². The van der Waals surface area contributed by atoms with Gasteiger partial charge in [0, 0.05) is 41.3 Å². The van der Waals surface area contributed by atoms with Crippen molar-refractivity contribution in [3.05, 3.63) is 162 Å². The molecule has 2 aliphatic heterocycles. The lowest BCUT2D eigenvalue weighted by atomic mass is 9.86. The van der Waals surface area contributed by atoms with Crippen molar-refractivity contribution in [2.75, 3.05) is 23.4 Å². The van der Waals surface area contributed by atoms with Gasteiger partial charge in [-0.2, -0.15) is 0 Å². The second kappa shape index (κ2) is 15.5. The smallest absolute Gasteiger partial charge is 0.0623 e. The molecule has 0 bridgehead atoms. The van der Waals surface area contributed by atoms with E-state index in [0.717, 1.165) is 13.0 Å². The van der Waals surface area contributed by atoms with Gasteiger partial charge in [-0.05, 0) is 85.7 Å². The van der Waals surface area contributed by atoms with Crippen LogP contribution in [0.3, 0.4) is 0 Å². The normalized spacial score (nSPS) is 27.2. The van der Waals surface area contributed by atoms with Gasteiger partial charge in [0.15, 0.2) is 0 Å². The van der Waals surface area contributed by atoms with E-state index < -0.39 is 0 Å². The molecule has 5 rings (SSSR count).